The van der Waals surface area contributed by atoms with Gasteiger partial charge in [0.15, 0.2) is 0 Å². The van der Waals surface area contributed by atoms with Crippen molar-refractivity contribution >= 4 is 11.6 Å². The Morgan fingerprint density at radius 3 is 2.62 bits per heavy atom. The van der Waals surface area contributed by atoms with Crippen LogP contribution < -0.4 is 10.1 Å². The van der Waals surface area contributed by atoms with E-state index < -0.39 is 0 Å². The number of hydrogen-bond acceptors (Lipinski definition) is 4. The molecular weight excluding hydrogens is 364 g/mol. The van der Waals surface area contributed by atoms with Crippen molar-refractivity contribution in [3.05, 3.63) is 65.6 Å². The van der Waals surface area contributed by atoms with E-state index in [1.54, 1.807) is 12.1 Å². The van der Waals surface area contributed by atoms with E-state index in [2.05, 4.69) is 42.9 Å². The number of imidazole rings is 1. The summed E-state index contributed by atoms with van der Waals surface area (Å²) in [6, 6.07) is 11.7. The minimum Gasteiger partial charge on any atom is -0.487 e. The summed E-state index contributed by atoms with van der Waals surface area (Å²) < 4.78 is 7.83. The summed E-state index contributed by atoms with van der Waals surface area (Å²) in [5.41, 5.74) is 3.58. The van der Waals surface area contributed by atoms with Crippen LogP contribution in [0.25, 0.3) is 5.65 Å². The molecule has 1 aromatic carbocycles. The number of benzene rings is 1. The van der Waals surface area contributed by atoms with Gasteiger partial charge < -0.3 is 14.5 Å². The molecule has 1 amide bonds. The minimum atomic E-state index is -0.0629. The molecule has 0 aliphatic carbocycles. The molecule has 2 heterocycles. The Balaban J connectivity index is 1.50. The molecule has 1 N–H and O–H groups in total. The van der Waals surface area contributed by atoms with Crippen molar-refractivity contribution in [1.29, 1.82) is 0 Å². The number of carbonyl (C=O) groups excluding carboxylic acids is 1. The zero-order chi connectivity index (χ0) is 20.8. The lowest BCUT2D eigenvalue weighted by Crippen LogP contribution is -2.38. The van der Waals surface area contributed by atoms with E-state index in [0.29, 0.717) is 30.5 Å². The smallest absolute Gasteiger partial charge is 0.251 e. The molecule has 2 aromatic heterocycles. The fourth-order valence-corrected chi connectivity index (χ4v) is 3.28. The van der Waals surface area contributed by atoms with Gasteiger partial charge in [0.1, 0.15) is 18.0 Å². The first kappa shape index (κ1) is 20.9. The zero-order valence-electron chi connectivity index (χ0n) is 17.7. The highest BCUT2D eigenvalue weighted by atomic mass is 16.5. The topological polar surface area (TPSA) is 58.9 Å². The molecule has 0 aliphatic rings. The van der Waals surface area contributed by atoms with Gasteiger partial charge in [-0.05, 0) is 63.2 Å². The lowest BCUT2D eigenvalue weighted by atomic mass is 10.2. The van der Waals surface area contributed by atoms with Crippen LogP contribution in [0.5, 0.6) is 5.75 Å². The third-order valence-electron chi connectivity index (χ3n) is 4.97. The number of rotatable bonds is 9. The molecule has 0 aliphatic heterocycles. The van der Waals surface area contributed by atoms with Crippen molar-refractivity contribution < 1.29 is 9.53 Å². The van der Waals surface area contributed by atoms with Crippen LogP contribution in [0.15, 0.2) is 48.8 Å². The van der Waals surface area contributed by atoms with Crippen LogP contribution >= 0.6 is 0 Å². The van der Waals surface area contributed by atoms with Crippen molar-refractivity contribution in [3.8, 4) is 5.75 Å². The molecule has 29 heavy (non-hydrogen) atoms. The average molecular weight is 395 g/mol. The van der Waals surface area contributed by atoms with E-state index in [-0.39, 0.29) is 5.91 Å². The minimum absolute atomic E-state index is 0.0629. The highest BCUT2D eigenvalue weighted by Gasteiger charge is 2.09. The molecule has 0 fully saturated rings. The largest absolute Gasteiger partial charge is 0.487 e. The molecule has 0 bridgehead atoms. The van der Waals surface area contributed by atoms with Crippen molar-refractivity contribution in [2.45, 2.75) is 40.3 Å². The maximum Gasteiger partial charge on any atom is 0.251 e. The van der Waals surface area contributed by atoms with Gasteiger partial charge in [0.2, 0.25) is 0 Å². The summed E-state index contributed by atoms with van der Waals surface area (Å²) >= 11 is 0. The molecule has 0 radical (unpaired) electrons. The molecule has 0 spiro atoms. The maximum absolute atomic E-state index is 12.3. The Morgan fingerprint density at radius 2 is 1.93 bits per heavy atom. The lowest BCUT2D eigenvalue weighted by molar-refractivity contribution is 0.0946. The zero-order valence-corrected chi connectivity index (χ0v) is 17.7. The Hall–Kier alpha value is -2.86. The van der Waals surface area contributed by atoms with E-state index in [0.717, 1.165) is 24.4 Å². The van der Waals surface area contributed by atoms with Crippen molar-refractivity contribution in [2.75, 3.05) is 19.6 Å². The number of hydrogen-bond donors (Lipinski definition) is 1. The molecule has 3 aromatic rings. The van der Waals surface area contributed by atoms with Crippen LogP contribution in [0.2, 0.25) is 0 Å². The van der Waals surface area contributed by atoms with Crippen LogP contribution in [0.3, 0.4) is 0 Å². The number of amides is 1. The first-order valence-electron chi connectivity index (χ1n) is 10.2. The second kappa shape index (κ2) is 9.56. The van der Waals surface area contributed by atoms with E-state index in [4.69, 9.17) is 4.74 Å². The number of nitrogens with one attached hydrogen (secondary N) is 1. The van der Waals surface area contributed by atoms with Gasteiger partial charge in [0.05, 0.1) is 5.69 Å². The van der Waals surface area contributed by atoms with Crippen LogP contribution in [0.1, 0.15) is 42.4 Å². The lowest BCUT2D eigenvalue weighted by Gasteiger charge is -2.24. The van der Waals surface area contributed by atoms with Gasteiger partial charge in [-0.25, -0.2) is 4.98 Å². The fourth-order valence-electron chi connectivity index (χ4n) is 3.28. The second-order valence-electron chi connectivity index (χ2n) is 7.50. The highest BCUT2D eigenvalue weighted by molar-refractivity contribution is 5.94. The summed E-state index contributed by atoms with van der Waals surface area (Å²) in [6.45, 7) is 11.4. The monoisotopic (exact) mass is 394 g/mol. The summed E-state index contributed by atoms with van der Waals surface area (Å²) in [7, 11) is 0. The Labute approximate surface area is 172 Å². The third kappa shape index (κ3) is 5.57. The standard InChI is InChI=1S/C23H30N4O2/c1-5-26(17(2)3)13-12-24-23(28)19-7-9-21(10-8-19)29-16-20-15-27-14-18(4)6-11-22(27)25-20/h6-11,14-15,17H,5,12-13,16H2,1-4H3,(H,24,28). The number of ether oxygens (including phenoxy) is 1. The molecule has 154 valence electrons. The number of likely N-dealkylation sites (N-methyl/N-ethyl adjacent to an activating group) is 1. The van der Waals surface area contributed by atoms with Gasteiger partial charge in [0, 0.05) is 37.1 Å². The van der Waals surface area contributed by atoms with Gasteiger partial charge in [-0.2, -0.15) is 0 Å². The van der Waals surface area contributed by atoms with E-state index >= 15 is 0 Å². The normalized spacial score (nSPS) is 11.4. The third-order valence-corrected chi connectivity index (χ3v) is 4.97. The van der Waals surface area contributed by atoms with E-state index in [9.17, 15) is 4.79 Å². The molecule has 0 atom stereocenters. The van der Waals surface area contributed by atoms with Crippen LogP contribution in [-0.2, 0) is 6.61 Å². The van der Waals surface area contributed by atoms with Gasteiger partial charge in [0.25, 0.3) is 5.91 Å². The van der Waals surface area contributed by atoms with Crippen LogP contribution in [0.4, 0.5) is 0 Å². The summed E-state index contributed by atoms with van der Waals surface area (Å²) in [6.07, 6.45) is 4.01. The SMILES string of the molecule is CCN(CCNC(=O)c1ccc(OCc2cn3cc(C)ccc3n2)cc1)C(C)C. The quantitative estimate of drug-likeness (QED) is 0.601. The van der Waals surface area contributed by atoms with E-state index in [1.165, 1.54) is 5.56 Å². The van der Waals surface area contributed by atoms with Crippen molar-refractivity contribution in [2.24, 2.45) is 0 Å². The molecule has 6 nitrogen and oxygen atoms in total. The molecule has 0 saturated heterocycles. The fraction of sp³-hybridized carbons (Fsp3) is 0.391. The summed E-state index contributed by atoms with van der Waals surface area (Å²) in [5, 5.41) is 2.98. The molecular formula is C23H30N4O2. The molecule has 3 rings (SSSR count). The van der Waals surface area contributed by atoms with Gasteiger partial charge in [-0.1, -0.05) is 13.0 Å². The Morgan fingerprint density at radius 1 is 1.17 bits per heavy atom. The molecule has 0 unspecified atom stereocenters. The Kier molecular flexibility index (Phi) is 6.88. The van der Waals surface area contributed by atoms with Crippen molar-refractivity contribution in [3.63, 3.8) is 0 Å². The van der Waals surface area contributed by atoms with Gasteiger partial charge >= 0.3 is 0 Å². The first-order valence-corrected chi connectivity index (χ1v) is 10.2. The van der Waals surface area contributed by atoms with Crippen molar-refractivity contribution in [1.82, 2.24) is 19.6 Å². The number of aryl methyl sites for hydroxylation is 1. The second-order valence-corrected chi connectivity index (χ2v) is 7.50. The average Bonchev–Trinajstić information content (AvgIpc) is 3.11. The number of aromatic nitrogens is 2. The number of pyridine rings is 1. The number of nitrogens with zero attached hydrogens (tertiary/aromatic N) is 3. The predicted molar refractivity (Wildman–Crippen MR) is 115 cm³/mol. The predicted octanol–water partition coefficient (Wildman–Crippen LogP) is 3.68. The summed E-state index contributed by atoms with van der Waals surface area (Å²) in [5.74, 6) is 0.652. The van der Waals surface area contributed by atoms with Crippen LogP contribution in [0, 0.1) is 6.92 Å². The maximum atomic E-state index is 12.3. The van der Waals surface area contributed by atoms with Crippen LogP contribution in [-0.4, -0.2) is 45.9 Å². The highest BCUT2D eigenvalue weighted by Crippen LogP contribution is 2.15. The summed E-state index contributed by atoms with van der Waals surface area (Å²) in [4.78, 5) is 19.2. The number of fused-ring (bicyclic) bond motifs is 1. The van der Waals surface area contributed by atoms with Gasteiger partial charge in [-0.3, -0.25) is 9.69 Å². The Bertz CT molecular complexity index is 947. The number of carbonyl (C=O) groups is 1. The molecule has 0 saturated carbocycles. The molecule has 6 heteroatoms. The first-order chi connectivity index (χ1) is 14.0. The van der Waals surface area contributed by atoms with E-state index in [1.807, 2.05) is 41.1 Å². The van der Waals surface area contributed by atoms with Gasteiger partial charge in [-0.15, -0.1) is 0 Å².